The number of hydrogen-bond acceptors (Lipinski definition) is 6. The van der Waals surface area contributed by atoms with E-state index < -0.39 is 14.8 Å². The average Bonchev–Trinajstić information content (AvgIpc) is 3.03. The van der Waals surface area contributed by atoms with Crippen LogP contribution in [0.2, 0.25) is 0 Å². The lowest BCUT2D eigenvalue weighted by Crippen LogP contribution is -2.42. The Labute approximate surface area is 178 Å². The van der Waals surface area contributed by atoms with Gasteiger partial charge in [-0.05, 0) is 43.2 Å². The fourth-order valence-corrected chi connectivity index (χ4v) is 6.54. The predicted molar refractivity (Wildman–Crippen MR) is 117 cm³/mol. The number of nitro groups is 1. The van der Waals surface area contributed by atoms with Crippen molar-refractivity contribution < 1.29 is 18.1 Å². The minimum Gasteiger partial charge on any atom is -0.365 e. The van der Waals surface area contributed by atoms with Crippen molar-refractivity contribution in [2.24, 2.45) is 11.8 Å². The van der Waals surface area contributed by atoms with Gasteiger partial charge in [-0.3, -0.25) is 14.9 Å². The Kier molecular flexibility index (Phi) is 6.69. The molecule has 0 aromatic heterocycles. The third-order valence-electron chi connectivity index (χ3n) is 6.00. The molecule has 166 valence electrons. The van der Waals surface area contributed by atoms with Crippen LogP contribution in [-0.4, -0.2) is 61.3 Å². The summed E-state index contributed by atoms with van der Waals surface area (Å²) >= 11 is 0. The molecule has 2 aliphatic rings. The number of benzene rings is 1. The first kappa shape index (κ1) is 22.5. The second-order valence-electron chi connectivity index (χ2n) is 8.87. The van der Waals surface area contributed by atoms with Crippen LogP contribution in [0, 0.1) is 22.0 Å². The zero-order valence-electron chi connectivity index (χ0n) is 17.9. The molecule has 30 heavy (non-hydrogen) atoms. The number of amides is 1. The Hall–Kier alpha value is -2.16. The van der Waals surface area contributed by atoms with Gasteiger partial charge in [0.25, 0.3) is 11.6 Å². The van der Waals surface area contributed by atoms with E-state index in [1.807, 2.05) is 11.8 Å². The molecule has 1 aromatic rings. The number of carbonyl (C=O) groups is 1. The fourth-order valence-electron chi connectivity index (χ4n) is 4.81. The number of anilines is 1. The molecular weight excluding hydrogens is 406 g/mol. The highest BCUT2D eigenvalue weighted by molar-refractivity contribution is 7.91. The zero-order valence-corrected chi connectivity index (χ0v) is 18.7. The van der Waals surface area contributed by atoms with Crippen LogP contribution in [0.1, 0.15) is 50.4 Å². The lowest BCUT2D eigenvalue weighted by Gasteiger charge is -2.36. The highest BCUT2D eigenvalue weighted by Crippen LogP contribution is 2.34. The van der Waals surface area contributed by atoms with Gasteiger partial charge in [-0.2, -0.15) is 0 Å². The molecule has 3 unspecified atom stereocenters. The molecule has 1 amide bonds. The average molecular weight is 438 g/mol. The topological polar surface area (TPSA) is 101 Å². The highest BCUT2D eigenvalue weighted by atomic mass is 32.2. The van der Waals surface area contributed by atoms with E-state index in [9.17, 15) is 23.3 Å². The number of rotatable bonds is 6. The molecule has 8 nitrogen and oxygen atoms in total. The van der Waals surface area contributed by atoms with Crippen molar-refractivity contribution in [3.05, 3.63) is 33.9 Å². The quantitative estimate of drug-likeness (QED) is 0.501. The smallest absolute Gasteiger partial charge is 0.293 e. The molecule has 3 atom stereocenters. The van der Waals surface area contributed by atoms with Gasteiger partial charge in [0.15, 0.2) is 9.84 Å². The molecule has 2 saturated heterocycles. The van der Waals surface area contributed by atoms with E-state index >= 15 is 0 Å². The monoisotopic (exact) mass is 437 g/mol. The van der Waals surface area contributed by atoms with E-state index in [0.717, 1.165) is 19.5 Å². The Morgan fingerprint density at radius 1 is 1.27 bits per heavy atom. The Bertz CT molecular complexity index is 907. The number of nitrogens with zero attached hydrogens (tertiary/aromatic N) is 3. The first-order chi connectivity index (χ1) is 14.1. The first-order valence-electron chi connectivity index (χ1n) is 10.7. The molecule has 0 saturated carbocycles. The summed E-state index contributed by atoms with van der Waals surface area (Å²) in [6.45, 7) is 8.14. The van der Waals surface area contributed by atoms with E-state index in [-0.39, 0.29) is 34.7 Å². The van der Waals surface area contributed by atoms with Crippen molar-refractivity contribution >= 4 is 27.1 Å². The van der Waals surface area contributed by atoms with Crippen LogP contribution in [0.3, 0.4) is 0 Å². The van der Waals surface area contributed by atoms with Gasteiger partial charge < -0.3 is 9.80 Å². The van der Waals surface area contributed by atoms with E-state index in [2.05, 4.69) is 13.8 Å². The maximum Gasteiger partial charge on any atom is 0.293 e. The molecule has 0 radical (unpaired) electrons. The summed E-state index contributed by atoms with van der Waals surface area (Å²) in [6, 6.07) is 4.30. The summed E-state index contributed by atoms with van der Waals surface area (Å²) in [6.07, 6.45) is 2.20. The van der Waals surface area contributed by atoms with Crippen LogP contribution in [0.25, 0.3) is 0 Å². The lowest BCUT2D eigenvalue weighted by molar-refractivity contribution is -0.384. The van der Waals surface area contributed by atoms with Crippen LogP contribution >= 0.6 is 0 Å². The van der Waals surface area contributed by atoms with Crippen LogP contribution in [0.15, 0.2) is 18.2 Å². The summed E-state index contributed by atoms with van der Waals surface area (Å²) in [4.78, 5) is 28.2. The predicted octanol–water partition coefficient (Wildman–Crippen LogP) is 3.12. The van der Waals surface area contributed by atoms with Crippen molar-refractivity contribution in [3.8, 4) is 0 Å². The van der Waals surface area contributed by atoms with E-state index in [0.29, 0.717) is 36.9 Å². The maximum absolute atomic E-state index is 13.2. The van der Waals surface area contributed by atoms with Gasteiger partial charge in [-0.15, -0.1) is 0 Å². The maximum atomic E-state index is 13.2. The van der Waals surface area contributed by atoms with Gasteiger partial charge in [0, 0.05) is 37.3 Å². The number of piperidine rings is 1. The number of carbonyl (C=O) groups excluding carboxylic acids is 1. The second kappa shape index (κ2) is 8.91. The fraction of sp³-hybridized carbons (Fsp3) is 0.667. The largest absolute Gasteiger partial charge is 0.365 e. The van der Waals surface area contributed by atoms with Crippen molar-refractivity contribution in [1.82, 2.24) is 4.90 Å². The molecule has 0 bridgehead atoms. The second-order valence-corrected chi connectivity index (χ2v) is 11.1. The molecule has 9 heteroatoms. The number of sulfone groups is 1. The number of nitro benzene ring substituents is 1. The van der Waals surface area contributed by atoms with E-state index in [1.54, 1.807) is 17.0 Å². The van der Waals surface area contributed by atoms with Gasteiger partial charge in [0.05, 0.1) is 16.4 Å². The van der Waals surface area contributed by atoms with E-state index in [1.165, 1.54) is 6.07 Å². The Balaban J connectivity index is 1.90. The lowest BCUT2D eigenvalue weighted by atomic mass is 9.91. The van der Waals surface area contributed by atoms with Crippen LogP contribution < -0.4 is 4.90 Å². The minimum atomic E-state index is -3.14. The summed E-state index contributed by atoms with van der Waals surface area (Å²) < 4.78 is 23.8. The zero-order chi connectivity index (χ0) is 22.1. The van der Waals surface area contributed by atoms with Gasteiger partial charge in [-0.25, -0.2) is 8.42 Å². The normalized spacial score (nSPS) is 25.8. The number of hydrogen-bond donors (Lipinski definition) is 0. The van der Waals surface area contributed by atoms with Gasteiger partial charge >= 0.3 is 0 Å². The molecule has 2 fully saturated rings. The van der Waals surface area contributed by atoms with Crippen molar-refractivity contribution in [2.75, 3.05) is 36.0 Å². The molecule has 0 N–H and O–H groups in total. The van der Waals surface area contributed by atoms with Crippen molar-refractivity contribution in [2.45, 2.75) is 46.1 Å². The van der Waals surface area contributed by atoms with Crippen LogP contribution in [0.5, 0.6) is 0 Å². The Morgan fingerprint density at radius 2 is 1.93 bits per heavy atom. The Morgan fingerprint density at radius 3 is 2.47 bits per heavy atom. The van der Waals surface area contributed by atoms with E-state index in [4.69, 9.17) is 0 Å². The molecule has 2 aliphatic heterocycles. The van der Waals surface area contributed by atoms with Crippen molar-refractivity contribution in [3.63, 3.8) is 0 Å². The molecule has 3 rings (SSSR count). The van der Waals surface area contributed by atoms with Gasteiger partial charge in [-0.1, -0.05) is 20.8 Å². The molecule has 0 aliphatic carbocycles. The van der Waals surface area contributed by atoms with Gasteiger partial charge in [0.2, 0.25) is 0 Å². The van der Waals surface area contributed by atoms with Crippen LogP contribution in [-0.2, 0) is 9.84 Å². The minimum absolute atomic E-state index is 0.0392. The summed E-state index contributed by atoms with van der Waals surface area (Å²) in [5, 5.41) is 11.8. The molecule has 1 aromatic carbocycles. The third kappa shape index (κ3) is 4.94. The third-order valence-corrected chi connectivity index (χ3v) is 7.75. The standard InChI is InChI=1S/C21H31N3O5S/c1-4-8-23(18-7-9-30(28,29)14-18)21(25)17-5-6-19(20(11-17)24(26)27)22-12-15(2)10-16(3)13-22/h5-6,11,15-16,18H,4,7-10,12-14H2,1-3H3. The molecule has 0 spiro atoms. The SMILES string of the molecule is CCCN(C(=O)c1ccc(N2CC(C)CC(C)C2)c([N+](=O)[O-])c1)C1CCS(=O)(=O)C1. The summed E-state index contributed by atoms with van der Waals surface area (Å²) in [7, 11) is -3.14. The highest BCUT2D eigenvalue weighted by Gasteiger charge is 2.35. The first-order valence-corrected chi connectivity index (χ1v) is 12.5. The summed E-state index contributed by atoms with van der Waals surface area (Å²) in [5.41, 5.74) is 0.708. The van der Waals surface area contributed by atoms with Crippen molar-refractivity contribution in [1.29, 1.82) is 0 Å². The van der Waals surface area contributed by atoms with Gasteiger partial charge in [0.1, 0.15) is 5.69 Å². The molecular formula is C21H31N3O5S. The van der Waals surface area contributed by atoms with Crippen LogP contribution in [0.4, 0.5) is 11.4 Å². The summed E-state index contributed by atoms with van der Waals surface area (Å²) in [5.74, 6) is 0.588. The molecule has 2 heterocycles.